The van der Waals surface area contributed by atoms with Crippen LogP contribution in [0.5, 0.6) is 0 Å². The third kappa shape index (κ3) is 4.13. The fraction of sp³-hybridized carbons (Fsp3) is 0.522. The Labute approximate surface area is 203 Å². The Morgan fingerprint density at radius 3 is 2.53 bits per heavy atom. The van der Waals surface area contributed by atoms with Gasteiger partial charge in [0.1, 0.15) is 16.7 Å². The minimum Gasteiger partial charge on any atom is -0.370 e. The van der Waals surface area contributed by atoms with E-state index in [1.165, 1.54) is 12.1 Å². The molecule has 1 aromatic heterocycles. The van der Waals surface area contributed by atoms with E-state index in [1.54, 1.807) is 0 Å². The number of pyridine rings is 1. The monoisotopic (exact) mass is 516 g/mol. The molecule has 1 spiro atoms. The Balaban J connectivity index is 1.63. The van der Waals surface area contributed by atoms with Crippen molar-refractivity contribution >= 4 is 33.1 Å². The second-order valence-corrected chi connectivity index (χ2v) is 12.0. The van der Waals surface area contributed by atoms with E-state index in [4.69, 9.17) is 11.6 Å². The number of sulfonamides is 1. The van der Waals surface area contributed by atoms with Gasteiger partial charge >= 0.3 is 0 Å². The molecular formula is C23H28ClF3N4O2S. The molecule has 1 aliphatic carbocycles. The molecule has 2 unspecified atom stereocenters. The summed E-state index contributed by atoms with van der Waals surface area (Å²) in [5.74, 6) is -3.60. The van der Waals surface area contributed by atoms with E-state index in [9.17, 15) is 12.8 Å². The molecular weight excluding hydrogens is 489 g/mol. The summed E-state index contributed by atoms with van der Waals surface area (Å²) in [7, 11) is -0.649. The number of aromatic nitrogens is 1. The number of hydrogen-bond acceptors (Lipinski definition) is 5. The van der Waals surface area contributed by atoms with Gasteiger partial charge in [-0.25, -0.2) is 22.2 Å². The number of nitrogens with zero attached hydrogens (tertiary/aromatic N) is 3. The van der Waals surface area contributed by atoms with Crippen LogP contribution in [-0.4, -0.2) is 51.0 Å². The van der Waals surface area contributed by atoms with E-state index >= 15 is 8.78 Å². The van der Waals surface area contributed by atoms with Crippen molar-refractivity contribution in [1.82, 2.24) is 9.88 Å². The van der Waals surface area contributed by atoms with Crippen LogP contribution < -0.4 is 9.62 Å². The van der Waals surface area contributed by atoms with Crippen molar-refractivity contribution in [3.8, 4) is 0 Å². The Morgan fingerprint density at radius 2 is 1.94 bits per heavy atom. The first-order valence-corrected chi connectivity index (χ1v) is 12.9. The number of nitrogens with one attached hydrogen (secondary N) is 1. The molecule has 1 saturated carbocycles. The molecule has 186 valence electrons. The Bertz CT molecular complexity index is 1220. The van der Waals surface area contributed by atoms with Gasteiger partial charge < -0.3 is 9.80 Å². The van der Waals surface area contributed by atoms with Gasteiger partial charge in [0.15, 0.2) is 10.7 Å². The second-order valence-electron chi connectivity index (χ2n) is 9.96. The molecule has 6 nitrogen and oxygen atoms in total. The van der Waals surface area contributed by atoms with E-state index in [-0.39, 0.29) is 16.6 Å². The summed E-state index contributed by atoms with van der Waals surface area (Å²) < 4.78 is 70.8. The van der Waals surface area contributed by atoms with Crippen LogP contribution in [0.1, 0.15) is 33.1 Å². The van der Waals surface area contributed by atoms with Crippen LogP contribution in [-0.2, 0) is 10.0 Å². The summed E-state index contributed by atoms with van der Waals surface area (Å²) in [6, 6.07) is 4.36. The van der Waals surface area contributed by atoms with Gasteiger partial charge in [-0.3, -0.25) is 4.72 Å². The van der Waals surface area contributed by atoms with Crippen LogP contribution in [0.4, 0.5) is 24.7 Å². The topological polar surface area (TPSA) is 65.5 Å². The molecule has 0 radical (unpaired) electrons. The van der Waals surface area contributed by atoms with Crippen molar-refractivity contribution in [2.45, 2.75) is 43.5 Å². The van der Waals surface area contributed by atoms with Crippen LogP contribution in [0.25, 0.3) is 0 Å². The molecule has 34 heavy (non-hydrogen) atoms. The standard InChI is InChI=1S/C23H28ClF3N4O2S/c1-22(2,30(3)4)16-8-9-23(16)10-11-31(13-23)15-12-14(25)21(20(27)19(15)24)34(32,33)29-18-7-5-6-17(26)28-18/h5-7,12,16H,8-11,13H2,1-4H3,(H,28,29). The number of anilines is 2. The van der Waals surface area contributed by atoms with Crippen molar-refractivity contribution in [3.63, 3.8) is 0 Å². The van der Waals surface area contributed by atoms with E-state index in [0.717, 1.165) is 31.4 Å². The highest BCUT2D eigenvalue weighted by atomic mass is 35.5. The van der Waals surface area contributed by atoms with E-state index < -0.39 is 43.3 Å². The van der Waals surface area contributed by atoms with Crippen LogP contribution in [0.15, 0.2) is 29.2 Å². The predicted octanol–water partition coefficient (Wildman–Crippen LogP) is 4.90. The largest absolute Gasteiger partial charge is 0.370 e. The molecule has 4 rings (SSSR count). The zero-order valence-corrected chi connectivity index (χ0v) is 21.1. The van der Waals surface area contributed by atoms with Gasteiger partial charge in [0.2, 0.25) is 5.95 Å². The maximum Gasteiger partial charge on any atom is 0.268 e. The smallest absolute Gasteiger partial charge is 0.268 e. The normalized spacial score (nSPS) is 23.0. The third-order valence-corrected chi connectivity index (χ3v) is 9.47. The summed E-state index contributed by atoms with van der Waals surface area (Å²) in [5.41, 5.74) is 0.104. The quantitative estimate of drug-likeness (QED) is 0.437. The lowest BCUT2D eigenvalue weighted by molar-refractivity contribution is -0.0539. The van der Waals surface area contributed by atoms with E-state index in [2.05, 4.69) is 23.7 Å². The number of benzene rings is 1. The summed E-state index contributed by atoms with van der Waals surface area (Å²) in [6.07, 6.45) is 2.96. The Hall–Kier alpha value is -2.04. The molecule has 2 aromatic rings. The SMILES string of the molecule is CN(C)C(C)(C)C1CCC12CCN(c1cc(F)c(S(=O)(=O)Nc3cccc(F)n3)c(F)c1Cl)C2. The first kappa shape index (κ1) is 25.1. The molecule has 1 N–H and O–H groups in total. The van der Waals surface area contributed by atoms with Crippen molar-refractivity contribution in [3.05, 3.63) is 46.9 Å². The van der Waals surface area contributed by atoms with Gasteiger partial charge in [0.05, 0.1) is 5.69 Å². The number of hydrogen-bond donors (Lipinski definition) is 1. The molecule has 0 amide bonds. The molecule has 2 aliphatic rings. The number of rotatable bonds is 6. The molecule has 1 aliphatic heterocycles. The van der Waals surface area contributed by atoms with Crippen molar-refractivity contribution < 1.29 is 21.6 Å². The average molecular weight is 517 g/mol. The fourth-order valence-corrected chi connectivity index (χ4v) is 6.87. The minimum absolute atomic E-state index is 0.0133. The highest BCUT2D eigenvalue weighted by molar-refractivity contribution is 7.92. The summed E-state index contributed by atoms with van der Waals surface area (Å²) >= 11 is 6.26. The molecule has 1 aromatic carbocycles. The van der Waals surface area contributed by atoms with Crippen molar-refractivity contribution in [1.29, 1.82) is 0 Å². The first-order chi connectivity index (χ1) is 15.8. The Morgan fingerprint density at radius 1 is 1.24 bits per heavy atom. The molecule has 11 heteroatoms. The molecule has 1 saturated heterocycles. The van der Waals surface area contributed by atoms with Gasteiger partial charge in [-0.2, -0.15) is 4.39 Å². The van der Waals surface area contributed by atoms with Gasteiger partial charge in [-0.1, -0.05) is 17.7 Å². The molecule has 2 fully saturated rings. The van der Waals surface area contributed by atoms with E-state index in [1.807, 2.05) is 23.7 Å². The molecule has 2 heterocycles. The summed E-state index contributed by atoms with van der Waals surface area (Å²) in [6.45, 7) is 5.56. The lowest BCUT2D eigenvalue weighted by atomic mass is 9.53. The average Bonchev–Trinajstić information content (AvgIpc) is 3.16. The van der Waals surface area contributed by atoms with Gasteiger partial charge in [-0.05, 0) is 70.7 Å². The van der Waals surface area contributed by atoms with Gasteiger partial charge in [0.25, 0.3) is 10.0 Å². The van der Waals surface area contributed by atoms with E-state index in [0.29, 0.717) is 19.0 Å². The second kappa shape index (κ2) is 8.57. The number of halogens is 4. The zero-order valence-electron chi connectivity index (χ0n) is 19.5. The van der Waals surface area contributed by atoms with Crippen LogP contribution >= 0.6 is 11.6 Å². The van der Waals surface area contributed by atoms with Crippen molar-refractivity contribution in [2.75, 3.05) is 36.8 Å². The maximum absolute atomic E-state index is 15.2. The van der Waals surface area contributed by atoms with Crippen LogP contribution in [0.3, 0.4) is 0 Å². The van der Waals surface area contributed by atoms with Crippen LogP contribution in [0.2, 0.25) is 5.02 Å². The highest BCUT2D eigenvalue weighted by Gasteiger charge is 2.56. The zero-order chi connectivity index (χ0) is 25.1. The lowest BCUT2D eigenvalue weighted by Crippen LogP contribution is -2.58. The van der Waals surface area contributed by atoms with Crippen molar-refractivity contribution in [2.24, 2.45) is 11.3 Å². The van der Waals surface area contributed by atoms with Crippen LogP contribution in [0, 0.1) is 28.9 Å². The minimum atomic E-state index is -4.75. The van der Waals surface area contributed by atoms with Gasteiger partial charge in [-0.15, -0.1) is 0 Å². The fourth-order valence-electron chi connectivity index (χ4n) is 5.40. The first-order valence-electron chi connectivity index (χ1n) is 11.0. The third-order valence-electron chi connectivity index (χ3n) is 7.72. The summed E-state index contributed by atoms with van der Waals surface area (Å²) in [5, 5.41) is -0.464. The lowest BCUT2D eigenvalue weighted by Gasteiger charge is -2.57. The highest BCUT2D eigenvalue weighted by Crippen LogP contribution is 2.58. The summed E-state index contributed by atoms with van der Waals surface area (Å²) in [4.78, 5) is 6.18. The predicted molar refractivity (Wildman–Crippen MR) is 126 cm³/mol. The maximum atomic E-state index is 15.2. The molecule has 2 atom stereocenters. The van der Waals surface area contributed by atoms with Gasteiger partial charge in [0, 0.05) is 24.7 Å². The Kier molecular flexibility index (Phi) is 6.31. The molecule has 0 bridgehead atoms.